The molecule has 0 bridgehead atoms. The van der Waals surface area contributed by atoms with E-state index < -0.39 is 23.9 Å². The van der Waals surface area contributed by atoms with Crippen LogP contribution in [0.15, 0.2) is 48.5 Å². The topological polar surface area (TPSA) is 46.5 Å². The van der Waals surface area contributed by atoms with Crippen LogP contribution in [0, 0.1) is 5.82 Å². The molecule has 0 saturated heterocycles. The molecule has 0 spiro atoms. The molecule has 7 heteroatoms. The molecule has 3 nitrogen and oxygen atoms in total. The number of hydrogen-bond donors (Lipinski definition) is 1. The van der Waals surface area contributed by atoms with E-state index in [0.29, 0.717) is 5.56 Å². The number of carboxylic acid groups (broad SMARTS) is 1. The second kappa shape index (κ2) is 6.51. The highest BCUT2D eigenvalue weighted by Crippen LogP contribution is 2.35. The van der Waals surface area contributed by atoms with E-state index in [2.05, 4.69) is 4.74 Å². The lowest BCUT2D eigenvalue weighted by Crippen LogP contribution is -2.17. The van der Waals surface area contributed by atoms with Crippen LogP contribution in [0.3, 0.4) is 0 Å². The molecule has 1 N–H and O–H groups in total. The molecule has 0 unspecified atom stereocenters. The van der Waals surface area contributed by atoms with E-state index in [9.17, 15) is 22.4 Å². The van der Waals surface area contributed by atoms with Crippen molar-refractivity contribution in [2.45, 2.75) is 6.36 Å². The lowest BCUT2D eigenvalue weighted by atomic mass is 10.0. The number of benzene rings is 2. The number of halogens is 4. The third kappa shape index (κ3) is 4.57. The first-order valence-corrected chi connectivity index (χ1v) is 6.32. The molecule has 0 aromatic heterocycles. The van der Waals surface area contributed by atoms with Crippen LogP contribution < -0.4 is 4.74 Å². The van der Waals surface area contributed by atoms with E-state index in [1.54, 1.807) is 0 Å². The predicted molar refractivity (Wildman–Crippen MR) is 75.2 cm³/mol. The van der Waals surface area contributed by atoms with Crippen molar-refractivity contribution in [3.63, 3.8) is 0 Å². The van der Waals surface area contributed by atoms with Crippen LogP contribution in [-0.2, 0) is 4.79 Å². The summed E-state index contributed by atoms with van der Waals surface area (Å²) >= 11 is 0. The fourth-order valence-electron chi connectivity index (χ4n) is 1.92. The summed E-state index contributed by atoms with van der Waals surface area (Å²) in [5.74, 6) is -2.49. The molecule has 0 aliphatic heterocycles. The van der Waals surface area contributed by atoms with Crippen molar-refractivity contribution in [2.24, 2.45) is 0 Å². The highest BCUT2D eigenvalue weighted by molar-refractivity contribution is 5.85. The van der Waals surface area contributed by atoms with Gasteiger partial charge in [-0.2, -0.15) is 0 Å². The third-order valence-corrected chi connectivity index (χ3v) is 2.81. The van der Waals surface area contributed by atoms with Crippen molar-refractivity contribution in [2.75, 3.05) is 0 Å². The van der Waals surface area contributed by atoms with E-state index in [1.165, 1.54) is 36.4 Å². The maximum atomic E-state index is 14.0. The maximum absolute atomic E-state index is 14.0. The quantitative estimate of drug-likeness (QED) is 0.665. The normalized spacial score (nSPS) is 11.7. The smallest absolute Gasteiger partial charge is 0.478 e. The second-order valence-electron chi connectivity index (χ2n) is 4.45. The number of carbonyl (C=O) groups is 1. The number of ether oxygens (including phenoxy) is 1. The maximum Gasteiger partial charge on any atom is 0.573 e. The SMILES string of the molecule is O=C(O)/C=C/c1ccc(F)c(-c2ccccc2OC(F)(F)F)c1. The molecule has 23 heavy (non-hydrogen) atoms. The summed E-state index contributed by atoms with van der Waals surface area (Å²) < 4.78 is 55.2. The van der Waals surface area contributed by atoms with E-state index in [-0.39, 0.29) is 11.1 Å². The predicted octanol–water partition coefficient (Wildman–Crippen LogP) is 4.49. The summed E-state index contributed by atoms with van der Waals surface area (Å²) in [7, 11) is 0. The van der Waals surface area contributed by atoms with Crippen LogP contribution in [0.4, 0.5) is 17.6 Å². The minimum absolute atomic E-state index is 0.0899. The molecule has 0 fully saturated rings. The number of alkyl halides is 3. The monoisotopic (exact) mass is 326 g/mol. The molecule has 0 aliphatic rings. The fourth-order valence-corrected chi connectivity index (χ4v) is 1.92. The fraction of sp³-hybridized carbons (Fsp3) is 0.0625. The summed E-state index contributed by atoms with van der Waals surface area (Å²) in [6.07, 6.45) is -2.86. The summed E-state index contributed by atoms with van der Waals surface area (Å²) in [4.78, 5) is 10.5. The minimum Gasteiger partial charge on any atom is -0.478 e. The Hall–Kier alpha value is -2.83. The molecule has 0 heterocycles. The molecule has 2 aromatic rings. The van der Waals surface area contributed by atoms with Crippen LogP contribution in [0.25, 0.3) is 17.2 Å². The van der Waals surface area contributed by atoms with Gasteiger partial charge in [0.1, 0.15) is 11.6 Å². The van der Waals surface area contributed by atoms with Gasteiger partial charge >= 0.3 is 12.3 Å². The van der Waals surface area contributed by atoms with Gasteiger partial charge in [-0.3, -0.25) is 0 Å². The van der Waals surface area contributed by atoms with Gasteiger partial charge < -0.3 is 9.84 Å². The molecule has 2 aromatic carbocycles. The van der Waals surface area contributed by atoms with Gasteiger partial charge in [0, 0.05) is 17.2 Å². The first-order chi connectivity index (χ1) is 10.8. The zero-order chi connectivity index (χ0) is 17.0. The van der Waals surface area contributed by atoms with Gasteiger partial charge in [0.15, 0.2) is 0 Å². The molecule has 0 atom stereocenters. The summed E-state index contributed by atoms with van der Waals surface area (Å²) in [6, 6.07) is 8.72. The standard InChI is InChI=1S/C16H10F4O3/c17-13-7-5-10(6-8-15(21)22)9-12(13)11-3-1-2-4-14(11)23-16(18,19)20/h1-9H,(H,21,22)/b8-6+. The summed E-state index contributed by atoms with van der Waals surface area (Å²) in [5.41, 5.74) is 0.107. The second-order valence-corrected chi connectivity index (χ2v) is 4.45. The molecular weight excluding hydrogens is 316 g/mol. The largest absolute Gasteiger partial charge is 0.573 e. The van der Waals surface area contributed by atoms with Crippen molar-refractivity contribution in [1.82, 2.24) is 0 Å². The van der Waals surface area contributed by atoms with Gasteiger partial charge in [0.2, 0.25) is 0 Å². The molecule has 0 radical (unpaired) electrons. The number of carboxylic acids is 1. The Labute approximate surface area is 128 Å². The molecule has 0 saturated carbocycles. The summed E-state index contributed by atoms with van der Waals surface area (Å²) in [5, 5.41) is 8.58. The van der Waals surface area contributed by atoms with Crippen LogP contribution >= 0.6 is 0 Å². The first kappa shape index (κ1) is 16.5. The molecule has 0 aliphatic carbocycles. The zero-order valence-corrected chi connectivity index (χ0v) is 11.5. The Morgan fingerprint density at radius 1 is 1.09 bits per heavy atom. The number of rotatable bonds is 4. The lowest BCUT2D eigenvalue weighted by molar-refractivity contribution is -0.274. The Kier molecular flexibility index (Phi) is 4.68. The Balaban J connectivity index is 2.50. The highest BCUT2D eigenvalue weighted by atomic mass is 19.4. The van der Waals surface area contributed by atoms with E-state index in [0.717, 1.165) is 18.2 Å². The van der Waals surface area contributed by atoms with Crippen molar-refractivity contribution >= 4 is 12.0 Å². The van der Waals surface area contributed by atoms with Crippen LogP contribution in [-0.4, -0.2) is 17.4 Å². The average molecular weight is 326 g/mol. The van der Waals surface area contributed by atoms with Crippen LogP contribution in [0.2, 0.25) is 0 Å². The van der Waals surface area contributed by atoms with Crippen LogP contribution in [0.5, 0.6) is 5.75 Å². The molecule has 120 valence electrons. The van der Waals surface area contributed by atoms with Crippen molar-refractivity contribution in [1.29, 1.82) is 0 Å². The third-order valence-electron chi connectivity index (χ3n) is 2.81. The van der Waals surface area contributed by atoms with Gasteiger partial charge in [-0.05, 0) is 29.8 Å². The van der Waals surface area contributed by atoms with Crippen LogP contribution in [0.1, 0.15) is 5.56 Å². The number of para-hydroxylation sites is 1. The number of aliphatic carboxylic acids is 1. The van der Waals surface area contributed by atoms with Gasteiger partial charge in [-0.25, -0.2) is 9.18 Å². The summed E-state index contributed by atoms with van der Waals surface area (Å²) in [6.45, 7) is 0. The van der Waals surface area contributed by atoms with Crippen molar-refractivity contribution < 1.29 is 32.2 Å². The van der Waals surface area contributed by atoms with Gasteiger partial charge in [0.05, 0.1) is 0 Å². The zero-order valence-electron chi connectivity index (χ0n) is 11.5. The highest BCUT2D eigenvalue weighted by Gasteiger charge is 2.32. The van der Waals surface area contributed by atoms with Gasteiger partial charge in [-0.15, -0.1) is 13.2 Å². The number of hydrogen-bond acceptors (Lipinski definition) is 2. The molecule has 0 amide bonds. The van der Waals surface area contributed by atoms with Crippen molar-refractivity contribution in [3.8, 4) is 16.9 Å². The Bertz CT molecular complexity index is 751. The lowest BCUT2D eigenvalue weighted by Gasteiger charge is -2.14. The van der Waals surface area contributed by atoms with Gasteiger partial charge in [-0.1, -0.05) is 24.3 Å². The minimum atomic E-state index is -4.91. The molecule has 2 rings (SSSR count). The van der Waals surface area contributed by atoms with E-state index in [1.807, 2.05) is 0 Å². The average Bonchev–Trinajstić information content (AvgIpc) is 2.45. The van der Waals surface area contributed by atoms with Crippen molar-refractivity contribution in [3.05, 3.63) is 59.9 Å². The van der Waals surface area contributed by atoms with E-state index >= 15 is 0 Å². The Morgan fingerprint density at radius 3 is 2.43 bits per heavy atom. The molecular formula is C16H10F4O3. The first-order valence-electron chi connectivity index (χ1n) is 6.32. The van der Waals surface area contributed by atoms with Gasteiger partial charge in [0.25, 0.3) is 0 Å². The van der Waals surface area contributed by atoms with E-state index in [4.69, 9.17) is 5.11 Å². The Morgan fingerprint density at radius 2 is 1.78 bits per heavy atom.